The largest absolute Gasteiger partial charge is 0.343 e. The van der Waals surface area contributed by atoms with Crippen molar-refractivity contribution in [1.29, 1.82) is 5.26 Å². The standard InChI is InChI=1S/C21H16Cl3N3OS/c1-12-15(22)4-3-7-18(12)26-10-27-19(28)8-13(14(9-25)21(27)29-11-26)20-16(23)5-2-6-17(20)24/h2-7,13H,8,10-11H2,1H3/t13-/m1/s1. The molecule has 0 aromatic heterocycles. The van der Waals surface area contributed by atoms with Crippen LogP contribution in [-0.2, 0) is 4.79 Å². The van der Waals surface area contributed by atoms with Crippen LogP contribution in [0.5, 0.6) is 0 Å². The van der Waals surface area contributed by atoms with E-state index in [0.717, 1.165) is 11.3 Å². The van der Waals surface area contributed by atoms with Crippen LogP contribution >= 0.6 is 46.6 Å². The minimum absolute atomic E-state index is 0.0585. The van der Waals surface area contributed by atoms with Crippen LogP contribution in [0.2, 0.25) is 15.1 Å². The Morgan fingerprint density at radius 1 is 1.10 bits per heavy atom. The normalized spacial score (nSPS) is 19.3. The van der Waals surface area contributed by atoms with E-state index in [4.69, 9.17) is 34.8 Å². The Labute approximate surface area is 188 Å². The van der Waals surface area contributed by atoms with Crippen molar-refractivity contribution >= 4 is 58.2 Å². The summed E-state index contributed by atoms with van der Waals surface area (Å²) in [5.41, 5.74) is 3.12. The van der Waals surface area contributed by atoms with Gasteiger partial charge in [-0.05, 0) is 42.3 Å². The molecular formula is C21H16Cl3N3OS. The van der Waals surface area contributed by atoms with Gasteiger partial charge in [-0.15, -0.1) is 0 Å². The Morgan fingerprint density at radius 2 is 1.76 bits per heavy atom. The quantitative estimate of drug-likeness (QED) is 0.533. The Balaban J connectivity index is 1.73. The van der Waals surface area contributed by atoms with Crippen molar-refractivity contribution in [3.63, 3.8) is 0 Å². The molecule has 2 aliphatic rings. The predicted octanol–water partition coefficient (Wildman–Crippen LogP) is 6.17. The molecule has 2 aromatic carbocycles. The average molecular weight is 465 g/mol. The third-order valence-corrected chi connectivity index (χ3v) is 7.44. The first kappa shape index (κ1) is 20.4. The summed E-state index contributed by atoms with van der Waals surface area (Å²) in [5.74, 6) is 0.109. The fourth-order valence-electron chi connectivity index (χ4n) is 3.74. The molecule has 0 aliphatic carbocycles. The maximum absolute atomic E-state index is 13.1. The van der Waals surface area contributed by atoms with E-state index in [1.54, 1.807) is 23.1 Å². The van der Waals surface area contributed by atoms with E-state index in [-0.39, 0.29) is 12.3 Å². The SMILES string of the molecule is Cc1c(Cl)cccc1N1CSC2=C(C#N)[C@H](c3c(Cl)cccc3Cl)CC(=O)N2C1. The number of anilines is 1. The summed E-state index contributed by atoms with van der Waals surface area (Å²) < 4.78 is 0. The number of halogens is 3. The minimum Gasteiger partial charge on any atom is -0.343 e. The minimum atomic E-state index is -0.438. The summed E-state index contributed by atoms with van der Waals surface area (Å²) in [6.45, 7) is 2.33. The molecule has 148 valence electrons. The number of rotatable bonds is 2. The fraction of sp³-hybridized carbons (Fsp3) is 0.238. The number of hydrogen-bond acceptors (Lipinski definition) is 4. The lowest BCUT2D eigenvalue weighted by molar-refractivity contribution is -0.129. The third-order valence-electron chi connectivity index (χ3n) is 5.22. The topological polar surface area (TPSA) is 47.3 Å². The molecule has 0 N–H and O–H groups in total. The molecule has 0 radical (unpaired) electrons. The van der Waals surface area contributed by atoms with Crippen molar-refractivity contribution < 1.29 is 4.79 Å². The van der Waals surface area contributed by atoms with Gasteiger partial charge in [-0.1, -0.05) is 58.7 Å². The maximum Gasteiger partial charge on any atom is 0.229 e. The first-order chi connectivity index (χ1) is 13.9. The van der Waals surface area contributed by atoms with Crippen molar-refractivity contribution in [3.8, 4) is 6.07 Å². The van der Waals surface area contributed by atoms with Gasteiger partial charge in [-0.3, -0.25) is 9.69 Å². The molecule has 2 heterocycles. The van der Waals surface area contributed by atoms with Gasteiger partial charge in [0.1, 0.15) is 0 Å². The molecule has 0 spiro atoms. The average Bonchev–Trinajstić information content (AvgIpc) is 2.70. The van der Waals surface area contributed by atoms with Crippen molar-refractivity contribution in [1.82, 2.24) is 4.90 Å². The number of carbonyl (C=O) groups excluding carboxylic acids is 1. The highest BCUT2D eigenvalue weighted by atomic mass is 35.5. The van der Waals surface area contributed by atoms with Gasteiger partial charge < -0.3 is 4.90 Å². The van der Waals surface area contributed by atoms with E-state index in [0.29, 0.717) is 43.8 Å². The number of benzene rings is 2. The second kappa shape index (κ2) is 8.12. The smallest absolute Gasteiger partial charge is 0.229 e. The van der Waals surface area contributed by atoms with Crippen molar-refractivity contribution in [2.24, 2.45) is 0 Å². The Bertz CT molecular complexity index is 1060. The van der Waals surface area contributed by atoms with Crippen molar-refractivity contribution in [3.05, 3.63) is 73.2 Å². The second-order valence-corrected chi connectivity index (χ2v) is 9.04. The Hall–Kier alpha value is -1.84. The Kier molecular flexibility index (Phi) is 5.72. The molecule has 1 fully saturated rings. The number of amides is 1. The van der Waals surface area contributed by atoms with Gasteiger partial charge in [0.25, 0.3) is 0 Å². The van der Waals surface area contributed by atoms with Gasteiger partial charge in [0, 0.05) is 33.1 Å². The second-order valence-electron chi connectivity index (χ2n) is 6.88. The van der Waals surface area contributed by atoms with Crippen LogP contribution in [0.15, 0.2) is 47.0 Å². The molecule has 4 nitrogen and oxygen atoms in total. The summed E-state index contributed by atoms with van der Waals surface area (Å²) >= 11 is 20.5. The van der Waals surface area contributed by atoms with Crippen LogP contribution in [0.25, 0.3) is 0 Å². The molecule has 8 heteroatoms. The molecule has 0 unspecified atom stereocenters. The van der Waals surface area contributed by atoms with E-state index in [2.05, 4.69) is 11.0 Å². The van der Waals surface area contributed by atoms with Crippen LogP contribution in [0.3, 0.4) is 0 Å². The van der Waals surface area contributed by atoms with Gasteiger partial charge in [0.2, 0.25) is 5.91 Å². The zero-order valence-electron chi connectivity index (χ0n) is 15.5. The number of nitrogens with zero attached hydrogens (tertiary/aromatic N) is 3. The number of allylic oxidation sites excluding steroid dienone is 1. The molecule has 0 bridgehead atoms. The maximum atomic E-state index is 13.1. The van der Waals surface area contributed by atoms with E-state index in [1.165, 1.54) is 11.8 Å². The highest BCUT2D eigenvalue weighted by Crippen LogP contribution is 2.46. The zero-order chi connectivity index (χ0) is 20.7. The number of fused-ring (bicyclic) bond motifs is 1. The summed E-state index contributed by atoms with van der Waals surface area (Å²) in [6, 6.07) is 13.3. The lowest BCUT2D eigenvalue weighted by Crippen LogP contribution is -2.47. The van der Waals surface area contributed by atoms with Gasteiger partial charge in [0.05, 0.1) is 29.2 Å². The fourth-order valence-corrected chi connectivity index (χ4v) is 5.73. The van der Waals surface area contributed by atoms with Crippen molar-refractivity contribution in [2.45, 2.75) is 19.3 Å². The zero-order valence-corrected chi connectivity index (χ0v) is 18.5. The number of thioether (sulfide) groups is 1. The van der Waals surface area contributed by atoms with E-state index >= 15 is 0 Å². The van der Waals surface area contributed by atoms with Gasteiger partial charge in [-0.25, -0.2) is 0 Å². The monoisotopic (exact) mass is 463 g/mol. The number of nitriles is 1. The van der Waals surface area contributed by atoms with E-state index in [1.807, 2.05) is 25.1 Å². The van der Waals surface area contributed by atoms with Crippen LogP contribution in [0.1, 0.15) is 23.5 Å². The van der Waals surface area contributed by atoms with E-state index in [9.17, 15) is 10.1 Å². The number of carbonyl (C=O) groups is 1. The van der Waals surface area contributed by atoms with E-state index < -0.39 is 5.92 Å². The lowest BCUT2D eigenvalue weighted by atomic mass is 9.86. The molecule has 1 atom stereocenters. The van der Waals surface area contributed by atoms with Crippen LogP contribution in [0, 0.1) is 18.3 Å². The van der Waals surface area contributed by atoms with Crippen LogP contribution < -0.4 is 4.90 Å². The molecule has 29 heavy (non-hydrogen) atoms. The lowest BCUT2D eigenvalue weighted by Gasteiger charge is -2.42. The summed E-state index contributed by atoms with van der Waals surface area (Å²) in [5, 5.41) is 12.2. The van der Waals surface area contributed by atoms with Gasteiger partial charge in [-0.2, -0.15) is 5.26 Å². The molecule has 4 rings (SSSR count). The third kappa shape index (κ3) is 3.60. The highest BCUT2D eigenvalue weighted by Gasteiger charge is 2.39. The summed E-state index contributed by atoms with van der Waals surface area (Å²) in [7, 11) is 0. The molecule has 0 saturated carbocycles. The summed E-state index contributed by atoms with van der Waals surface area (Å²) in [6.07, 6.45) is 0.152. The summed E-state index contributed by atoms with van der Waals surface area (Å²) in [4.78, 5) is 16.8. The highest BCUT2D eigenvalue weighted by molar-refractivity contribution is 8.03. The first-order valence-electron chi connectivity index (χ1n) is 8.93. The van der Waals surface area contributed by atoms with Gasteiger partial charge >= 0.3 is 0 Å². The molecule has 1 amide bonds. The predicted molar refractivity (Wildman–Crippen MR) is 119 cm³/mol. The van der Waals surface area contributed by atoms with Crippen molar-refractivity contribution in [2.75, 3.05) is 17.4 Å². The van der Waals surface area contributed by atoms with Gasteiger partial charge in [0.15, 0.2) is 0 Å². The first-order valence-corrected chi connectivity index (χ1v) is 11.1. The van der Waals surface area contributed by atoms with Crippen LogP contribution in [0.4, 0.5) is 5.69 Å². The molecule has 2 aliphatic heterocycles. The molecule has 1 saturated heterocycles. The number of hydrogen-bond donors (Lipinski definition) is 0. The van der Waals surface area contributed by atoms with Crippen LogP contribution in [-0.4, -0.2) is 23.4 Å². The Morgan fingerprint density at radius 3 is 2.45 bits per heavy atom. The molecular weight excluding hydrogens is 449 g/mol. The molecule has 2 aromatic rings.